The molecule has 0 bridgehead atoms. The highest BCUT2D eigenvalue weighted by Crippen LogP contribution is 2.30. The summed E-state index contributed by atoms with van der Waals surface area (Å²) in [6.45, 7) is 1.70. The molecule has 1 amide bonds. The molecule has 37 heavy (non-hydrogen) atoms. The summed E-state index contributed by atoms with van der Waals surface area (Å²) >= 11 is 0. The molecule has 186 valence electrons. The minimum atomic E-state index is -1.32. The molecule has 8 nitrogen and oxygen atoms in total. The Labute approximate surface area is 211 Å². The van der Waals surface area contributed by atoms with Crippen LogP contribution < -0.4 is 5.32 Å². The standard InChI is InChI=1S/C27H23F2N7O/c1-27(29)14-36(15-27)26(37)23-9-16-3-4-17(10-22(16)35(23)2)25-30-8-7-24(34-25)33-19-5-6-20(21(28)11-19)18-12-31-32-13-18/h3-13H,14-15H2,1-2H3,(H,31,32)(H,30,33,34). The van der Waals surface area contributed by atoms with Gasteiger partial charge in [-0.3, -0.25) is 9.89 Å². The highest BCUT2D eigenvalue weighted by atomic mass is 19.1. The molecule has 0 atom stereocenters. The Kier molecular flexibility index (Phi) is 5.25. The fourth-order valence-electron chi connectivity index (χ4n) is 4.67. The second-order valence-corrected chi connectivity index (χ2v) is 9.51. The zero-order chi connectivity index (χ0) is 25.7. The Hall–Kier alpha value is -4.60. The minimum Gasteiger partial charge on any atom is -0.340 e. The largest absolute Gasteiger partial charge is 0.340 e. The van der Waals surface area contributed by atoms with Crippen molar-refractivity contribution >= 4 is 28.3 Å². The average molecular weight is 500 g/mol. The first-order valence-electron chi connectivity index (χ1n) is 11.7. The maximum Gasteiger partial charge on any atom is 0.270 e. The lowest BCUT2D eigenvalue weighted by Gasteiger charge is -2.42. The summed E-state index contributed by atoms with van der Waals surface area (Å²) in [5, 5.41) is 10.6. The van der Waals surface area contributed by atoms with E-state index in [1.165, 1.54) is 17.9 Å². The summed E-state index contributed by atoms with van der Waals surface area (Å²) < 4.78 is 30.4. The van der Waals surface area contributed by atoms with Gasteiger partial charge in [-0.2, -0.15) is 5.10 Å². The fraction of sp³-hybridized carbons (Fsp3) is 0.185. The van der Waals surface area contributed by atoms with Gasteiger partial charge in [0.15, 0.2) is 5.82 Å². The van der Waals surface area contributed by atoms with Gasteiger partial charge in [-0.25, -0.2) is 18.7 Å². The molecule has 0 radical (unpaired) electrons. The smallest absolute Gasteiger partial charge is 0.270 e. The van der Waals surface area contributed by atoms with Crippen molar-refractivity contribution in [2.24, 2.45) is 7.05 Å². The molecule has 10 heteroatoms. The third-order valence-electron chi connectivity index (χ3n) is 6.56. The summed E-state index contributed by atoms with van der Waals surface area (Å²) in [5.41, 5.74) is 2.44. The number of carbonyl (C=O) groups is 1. The number of hydrogen-bond donors (Lipinski definition) is 2. The van der Waals surface area contributed by atoms with Crippen molar-refractivity contribution in [3.05, 3.63) is 78.6 Å². The van der Waals surface area contributed by atoms with E-state index in [-0.39, 0.29) is 24.8 Å². The Balaban J connectivity index is 1.25. The molecule has 4 heterocycles. The lowest BCUT2D eigenvalue weighted by atomic mass is 9.99. The second kappa shape index (κ2) is 8.51. The van der Waals surface area contributed by atoms with Crippen molar-refractivity contribution in [1.82, 2.24) is 29.6 Å². The van der Waals surface area contributed by atoms with Crippen LogP contribution in [0.5, 0.6) is 0 Å². The number of carbonyl (C=O) groups excluding carboxylic acids is 1. The second-order valence-electron chi connectivity index (χ2n) is 9.51. The van der Waals surface area contributed by atoms with E-state index >= 15 is 0 Å². The number of aryl methyl sites for hydroxylation is 1. The normalized spacial score (nSPS) is 14.5. The highest BCUT2D eigenvalue weighted by molar-refractivity contribution is 6.00. The molecule has 2 N–H and O–H groups in total. The summed E-state index contributed by atoms with van der Waals surface area (Å²) in [7, 11) is 1.81. The van der Waals surface area contributed by atoms with Gasteiger partial charge in [0.25, 0.3) is 5.91 Å². The first kappa shape index (κ1) is 22.8. The van der Waals surface area contributed by atoms with Crippen LogP contribution in [0.2, 0.25) is 0 Å². The van der Waals surface area contributed by atoms with Gasteiger partial charge in [0.1, 0.15) is 23.0 Å². The quantitative estimate of drug-likeness (QED) is 0.351. The topological polar surface area (TPSA) is 91.7 Å². The number of hydrogen-bond acceptors (Lipinski definition) is 5. The predicted molar refractivity (Wildman–Crippen MR) is 137 cm³/mol. The van der Waals surface area contributed by atoms with E-state index in [4.69, 9.17) is 0 Å². The number of benzene rings is 2. The number of rotatable bonds is 5. The number of H-pyrrole nitrogens is 1. The molecule has 6 rings (SSSR count). The van der Waals surface area contributed by atoms with Crippen LogP contribution in [0.25, 0.3) is 33.4 Å². The molecule has 1 aliphatic heterocycles. The number of halogens is 2. The molecule has 1 saturated heterocycles. The summed E-state index contributed by atoms with van der Waals surface area (Å²) in [6.07, 6.45) is 4.83. The SMILES string of the molecule is Cn1c(C(=O)N2CC(C)(F)C2)cc2ccc(-c3nccc(Nc4ccc(-c5cn[nH]c5)c(F)c4)n3)cc21. The Morgan fingerprint density at radius 2 is 1.95 bits per heavy atom. The first-order valence-corrected chi connectivity index (χ1v) is 11.7. The summed E-state index contributed by atoms with van der Waals surface area (Å²) in [5.74, 6) is 0.418. The van der Waals surface area contributed by atoms with Crippen LogP contribution in [0.4, 0.5) is 20.3 Å². The number of likely N-dealkylation sites (tertiary alicyclic amines) is 1. The number of amides is 1. The van der Waals surface area contributed by atoms with E-state index in [1.807, 2.05) is 35.9 Å². The van der Waals surface area contributed by atoms with Crippen LogP contribution in [-0.4, -0.2) is 54.3 Å². The van der Waals surface area contributed by atoms with E-state index in [1.54, 1.807) is 36.8 Å². The van der Waals surface area contributed by atoms with Crippen molar-refractivity contribution in [3.63, 3.8) is 0 Å². The van der Waals surface area contributed by atoms with E-state index in [2.05, 4.69) is 25.5 Å². The molecule has 0 unspecified atom stereocenters. The van der Waals surface area contributed by atoms with Crippen LogP contribution >= 0.6 is 0 Å². The molecule has 0 saturated carbocycles. The van der Waals surface area contributed by atoms with Crippen molar-refractivity contribution in [2.45, 2.75) is 12.6 Å². The Bertz CT molecular complexity index is 1630. The highest BCUT2D eigenvalue weighted by Gasteiger charge is 2.42. The van der Waals surface area contributed by atoms with E-state index in [9.17, 15) is 13.6 Å². The number of fused-ring (bicyclic) bond motifs is 1. The lowest BCUT2D eigenvalue weighted by Crippen LogP contribution is -2.59. The third kappa shape index (κ3) is 4.20. The number of alkyl halides is 1. The zero-order valence-corrected chi connectivity index (χ0v) is 20.2. The number of nitrogens with one attached hydrogen (secondary N) is 2. The molecule has 5 aromatic rings. The maximum absolute atomic E-state index is 14.7. The predicted octanol–water partition coefficient (Wildman–Crippen LogP) is 5.09. The number of aromatic amines is 1. The van der Waals surface area contributed by atoms with Crippen LogP contribution in [-0.2, 0) is 7.05 Å². The van der Waals surface area contributed by atoms with Gasteiger partial charge in [-0.1, -0.05) is 12.1 Å². The monoisotopic (exact) mass is 499 g/mol. The van der Waals surface area contributed by atoms with E-state index in [0.717, 1.165) is 16.5 Å². The maximum atomic E-state index is 14.7. The number of anilines is 2. The van der Waals surface area contributed by atoms with E-state index in [0.29, 0.717) is 34.2 Å². The van der Waals surface area contributed by atoms with Gasteiger partial charge in [-0.05, 0) is 43.3 Å². The van der Waals surface area contributed by atoms with Gasteiger partial charge >= 0.3 is 0 Å². The Morgan fingerprint density at radius 1 is 1.11 bits per heavy atom. The summed E-state index contributed by atoms with van der Waals surface area (Å²) in [6, 6.07) is 14.1. The van der Waals surface area contributed by atoms with Gasteiger partial charge in [0.05, 0.1) is 19.3 Å². The van der Waals surface area contributed by atoms with Crippen LogP contribution in [0.15, 0.2) is 67.1 Å². The minimum absolute atomic E-state index is 0.0994. The fourth-order valence-corrected chi connectivity index (χ4v) is 4.67. The zero-order valence-electron chi connectivity index (χ0n) is 20.2. The van der Waals surface area contributed by atoms with Crippen molar-refractivity contribution in [1.29, 1.82) is 0 Å². The molecular formula is C27H23F2N7O. The van der Waals surface area contributed by atoms with Gasteiger partial charge in [0, 0.05) is 52.7 Å². The molecule has 0 spiro atoms. The third-order valence-corrected chi connectivity index (χ3v) is 6.56. The lowest BCUT2D eigenvalue weighted by molar-refractivity contribution is -0.00842. The van der Waals surface area contributed by atoms with Crippen molar-refractivity contribution in [3.8, 4) is 22.5 Å². The van der Waals surface area contributed by atoms with Crippen molar-refractivity contribution < 1.29 is 13.6 Å². The number of aromatic nitrogens is 5. The molecule has 3 aromatic heterocycles. The molecule has 2 aromatic carbocycles. The van der Waals surface area contributed by atoms with Crippen LogP contribution in [0, 0.1) is 5.82 Å². The molecular weight excluding hydrogens is 476 g/mol. The van der Waals surface area contributed by atoms with Gasteiger partial charge in [0.2, 0.25) is 0 Å². The average Bonchev–Trinajstić information content (AvgIpc) is 3.51. The van der Waals surface area contributed by atoms with Gasteiger partial charge < -0.3 is 14.8 Å². The molecule has 1 fully saturated rings. The van der Waals surface area contributed by atoms with Gasteiger partial charge in [-0.15, -0.1) is 0 Å². The summed E-state index contributed by atoms with van der Waals surface area (Å²) in [4.78, 5) is 23.4. The first-order chi connectivity index (χ1) is 17.8. The van der Waals surface area contributed by atoms with Crippen molar-refractivity contribution in [2.75, 3.05) is 18.4 Å². The molecule has 1 aliphatic rings. The number of nitrogens with zero attached hydrogens (tertiary/aromatic N) is 5. The molecule has 0 aliphatic carbocycles. The Morgan fingerprint density at radius 3 is 2.68 bits per heavy atom. The van der Waals surface area contributed by atoms with E-state index < -0.39 is 5.67 Å². The van der Waals surface area contributed by atoms with Crippen LogP contribution in [0.1, 0.15) is 17.4 Å². The van der Waals surface area contributed by atoms with Crippen LogP contribution in [0.3, 0.4) is 0 Å².